The molecule has 8 nitrogen and oxygen atoms in total. The monoisotopic (exact) mass is 403 g/mol. The lowest BCUT2D eigenvalue weighted by atomic mass is 10.1. The van der Waals surface area contributed by atoms with Crippen molar-refractivity contribution in [1.82, 2.24) is 4.90 Å². The van der Waals surface area contributed by atoms with Crippen LogP contribution in [-0.4, -0.2) is 37.2 Å². The quantitative estimate of drug-likeness (QED) is 0.608. The third-order valence-electron chi connectivity index (χ3n) is 4.63. The van der Waals surface area contributed by atoms with Gasteiger partial charge in [-0.05, 0) is 31.0 Å². The largest absolute Gasteiger partial charge is 0.339 e. The first kappa shape index (κ1) is 19.8. The van der Waals surface area contributed by atoms with E-state index in [1.807, 2.05) is 0 Å². The fraction of sp³-hybridized carbons (Fsp3) is 0.316. The molecule has 9 heteroatoms. The lowest BCUT2D eigenvalue weighted by molar-refractivity contribution is -0.385. The Morgan fingerprint density at radius 1 is 1.00 bits per heavy atom. The number of amides is 1. The smallest absolute Gasteiger partial charge is 0.270 e. The summed E-state index contributed by atoms with van der Waals surface area (Å²) in [6.07, 6.45) is 4.00. The van der Waals surface area contributed by atoms with Crippen molar-refractivity contribution in [2.24, 2.45) is 0 Å². The fourth-order valence-corrected chi connectivity index (χ4v) is 4.29. The minimum atomic E-state index is -4.09. The molecule has 1 aliphatic heterocycles. The molecule has 2 aromatic carbocycles. The molecule has 2 aromatic rings. The maximum absolute atomic E-state index is 12.9. The Kier molecular flexibility index (Phi) is 5.93. The Balaban J connectivity index is 1.89. The summed E-state index contributed by atoms with van der Waals surface area (Å²) in [6.45, 7) is 1.29. The number of likely N-dealkylation sites (tertiary alicyclic amines) is 1. The van der Waals surface area contributed by atoms with Gasteiger partial charge < -0.3 is 4.90 Å². The predicted molar refractivity (Wildman–Crippen MR) is 105 cm³/mol. The number of sulfonamides is 1. The number of benzene rings is 2. The molecule has 1 fully saturated rings. The summed E-state index contributed by atoms with van der Waals surface area (Å²) in [5.74, 6) is -0.223. The molecule has 1 heterocycles. The summed E-state index contributed by atoms with van der Waals surface area (Å²) < 4.78 is 27.9. The molecule has 1 aliphatic rings. The lowest BCUT2D eigenvalue weighted by Gasteiger charge is -2.22. The maximum atomic E-state index is 12.9. The van der Waals surface area contributed by atoms with Crippen LogP contribution >= 0.6 is 0 Å². The second-order valence-corrected chi connectivity index (χ2v) is 8.29. The molecule has 0 aliphatic carbocycles. The van der Waals surface area contributed by atoms with E-state index in [4.69, 9.17) is 0 Å². The van der Waals surface area contributed by atoms with Gasteiger partial charge in [-0.3, -0.25) is 19.6 Å². The number of carbonyl (C=O) groups excluding carboxylic acids is 1. The van der Waals surface area contributed by atoms with E-state index < -0.39 is 14.9 Å². The van der Waals surface area contributed by atoms with Crippen LogP contribution in [0.5, 0.6) is 0 Å². The normalized spacial score (nSPS) is 14.9. The molecule has 148 valence electrons. The number of nitrogens with one attached hydrogen (secondary N) is 1. The number of nitrogens with zero attached hydrogens (tertiary/aromatic N) is 2. The van der Waals surface area contributed by atoms with E-state index in [2.05, 4.69) is 4.72 Å². The first-order valence-electron chi connectivity index (χ1n) is 9.04. The second kappa shape index (κ2) is 8.39. The van der Waals surface area contributed by atoms with Crippen LogP contribution in [0.2, 0.25) is 0 Å². The molecule has 0 radical (unpaired) electrons. The van der Waals surface area contributed by atoms with Crippen LogP contribution in [0.25, 0.3) is 0 Å². The third-order valence-corrected chi connectivity index (χ3v) is 6.00. The number of non-ortho nitro benzene ring substituents is 1. The SMILES string of the molecule is O=C(c1ccccc1NS(=O)(=O)c1cccc([N+](=O)[O-])c1)N1CCCCCC1. The van der Waals surface area contributed by atoms with E-state index in [-0.39, 0.29) is 27.7 Å². The van der Waals surface area contributed by atoms with Crippen molar-refractivity contribution in [1.29, 1.82) is 0 Å². The van der Waals surface area contributed by atoms with Crippen LogP contribution in [0, 0.1) is 10.1 Å². The van der Waals surface area contributed by atoms with Gasteiger partial charge in [-0.1, -0.05) is 31.0 Å². The molecule has 1 N–H and O–H groups in total. The fourth-order valence-electron chi connectivity index (χ4n) is 3.17. The van der Waals surface area contributed by atoms with Crippen molar-refractivity contribution in [3.8, 4) is 0 Å². The van der Waals surface area contributed by atoms with Gasteiger partial charge in [0.25, 0.3) is 21.6 Å². The minimum Gasteiger partial charge on any atom is -0.339 e. The number of hydrogen-bond donors (Lipinski definition) is 1. The number of anilines is 1. The summed E-state index contributed by atoms with van der Waals surface area (Å²) in [7, 11) is -4.09. The Hall–Kier alpha value is -2.94. The average Bonchev–Trinajstić information content (AvgIpc) is 2.97. The first-order valence-corrected chi connectivity index (χ1v) is 10.5. The van der Waals surface area contributed by atoms with E-state index in [0.29, 0.717) is 13.1 Å². The van der Waals surface area contributed by atoms with Gasteiger partial charge in [-0.15, -0.1) is 0 Å². The molecule has 1 amide bonds. The molecular weight excluding hydrogens is 382 g/mol. The average molecular weight is 403 g/mol. The van der Waals surface area contributed by atoms with E-state index in [1.54, 1.807) is 23.1 Å². The van der Waals surface area contributed by atoms with E-state index in [9.17, 15) is 23.3 Å². The van der Waals surface area contributed by atoms with Gasteiger partial charge >= 0.3 is 0 Å². The molecular formula is C19H21N3O5S. The number of hydrogen-bond acceptors (Lipinski definition) is 5. The van der Waals surface area contributed by atoms with Crippen molar-refractivity contribution in [2.75, 3.05) is 17.8 Å². The van der Waals surface area contributed by atoms with E-state index >= 15 is 0 Å². The number of rotatable bonds is 5. The van der Waals surface area contributed by atoms with Crippen LogP contribution in [0.1, 0.15) is 36.0 Å². The highest BCUT2D eigenvalue weighted by Gasteiger charge is 2.23. The zero-order chi connectivity index (χ0) is 20.1. The van der Waals surface area contributed by atoms with Crippen molar-refractivity contribution < 1.29 is 18.1 Å². The van der Waals surface area contributed by atoms with Crippen LogP contribution in [0.3, 0.4) is 0 Å². The van der Waals surface area contributed by atoms with Gasteiger partial charge in [0.15, 0.2) is 0 Å². The highest BCUT2D eigenvalue weighted by atomic mass is 32.2. The zero-order valence-electron chi connectivity index (χ0n) is 15.2. The number of para-hydroxylation sites is 1. The van der Waals surface area contributed by atoms with Gasteiger partial charge in [0.05, 0.1) is 21.1 Å². The Labute approximate surface area is 163 Å². The van der Waals surface area contributed by atoms with Crippen LogP contribution in [0.4, 0.5) is 11.4 Å². The van der Waals surface area contributed by atoms with Crippen LogP contribution < -0.4 is 4.72 Å². The van der Waals surface area contributed by atoms with Gasteiger partial charge in [0.1, 0.15) is 0 Å². The molecule has 3 rings (SSSR count). The summed E-state index contributed by atoms with van der Waals surface area (Å²) >= 11 is 0. The first-order chi connectivity index (χ1) is 13.4. The second-order valence-electron chi connectivity index (χ2n) is 6.61. The molecule has 0 unspecified atom stereocenters. The van der Waals surface area contributed by atoms with Gasteiger partial charge in [-0.2, -0.15) is 0 Å². The van der Waals surface area contributed by atoms with Crippen molar-refractivity contribution in [2.45, 2.75) is 30.6 Å². The highest BCUT2D eigenvalue weighted by molar-refractivity contribution is 7.92. The standard InChI is InChI=1S/C19H21N3O5S/c23-19(21-12-5-1-2-6-13-21)17-10-3-4-11-18(17)20-28(26,27)16-9-7-8-15(14-16)22(24)25/h3-4,7-11,14,20H,1-2,5-6,12-13H2. The summed E-state index contributed by atoms with van der Waals surface area (Å²) in [5, 5.41) is 10.9. The molecule has 28 heavy (non-hydrogen) atoms. The summed E-state index contributed by atoms with van der Waals surface area (Å²) in [4.78, 5) is 24.7. The van der Waals surface area contributed by atoms with Crippen LogP contribution in [-0.2, 0) is 10.0 Å². The van der Waals surface area contributed by atoms with Gasteiger partial charge in [0, 0.05) is 25.2 Å². The molecule has 1 saturated heterocycles. The number of nitro benzene ring substituents is 1. The zero-order valence-corrected chi connectivity index (χ0v) is 16.0. The predicted octanol–water partition coefficient (Wildman–Crippen LogP) is 3.41. The van der Waals surface area contributed by atoms with Gasteiger partial charge in [0.2, 0.25) is 0 Å². The van der Waals surface area contributed by atoms with E-state index in [1.165, 1.54) is 24.3 Å². The van der Waals surface area contributed by atoms with Crippen molar-refractivity contribution in [3.05, 3.63) is 64.2 Å². The minimum absolute atomic E-state index is 0.156. The molecule has 0 bridgehead atoms. The molecule has 0 saturated carbocycles. The van der Waals surface area contributed by atoms with Crippen molar-refractivity contribution >= 4 is 27.3 Å². The van der Waals surface area contributed by atoms with E-state index in [0.717, 1.165) is 31.7 Å². The Bertz CT molecular complexity index is 983. The molecule has 0 atom stereocenters. The summed E-state index contributed by atoms with van der Waals surface area (Å²) in [5.41, 5.74) is 0.0958. The maximum Gasteiger partial charge on any atom is 0.270 e. The molecule has 0 spiro atoms. The van der Waals surface area contributed by atoms with Crippen LogP contribution in [0.15, 0.2) is 53.4 Å². The van der Waals surface area contributed by atoms with Gasteiger partial charge in [-0.25, -0.2) is 8.42 Å². The topological polar surface area (TPSA) is 110 Å². The number of nitro groups is 1. The Morgan fingerprint density at radius 2 is 1.68 bits per heavy atom. The number of carbonyl (C=O) groups is 1. The Morgan fingerprint density at radius 3 is 2.36 bits per heavy atom. The van der Waals surface area contributed by atoms with Crippen molar-refractivity contribution in [3.63, 3.8) is 0 Å². The third kappa shape index (κ3) is 4.48. The lowest BCUT2D eigenvalue weighted by Crippen LogP contribution is -2.32. The highest BCUT2D eigenvalue weighted by Crippen LogP contribution is 2.24. The molecule has 0 aromatic heterocycles. The summed E-state index contributed by atoms with van der Waals surface area (Å²) in [6, 6.07) is 11.2.